The maximum atomic E-state index is 4.71. The fraction of sp³-hybridized carbons (Fsp3) is 0.769. The number of hydrogen-bond acceptors (Lipinski definition) is 3. The molecule has 1 unspecified atom stereocenters. The molecule has 17 heavy (non-hydrogen) atoms. The summed E-state index contributed by atoms with van der Waals surface area (Å²) in [5, 5.41) is 3.55. The Hall–Kier alpha value is -0.870. The van der Waals surface area contributed by atoms with Crippen molar-refractivity contribution in [3.8, 4) is 0 Å². The molecule has 1 aromatic heterocycles. The van der Waals surface area contributed by atoms with E-state index in [1.807, 2.05) is 0 Å². The lowest BCUT2D eigenvalue weighted by Crippen LogP contribution is -2.50. The number of aryl methyl sites for hydroxylation is 1. The number of likely N-dealkylation sites (N-methyl/N-ethyl adjacent to an activating group) is 1. The average Bonchev–Trinajstić information content (AvgIpc) is 2.59. The second kappa shape index (κ2) is 5.19. The van der Waals surface area contributed by atoms with Crippen LogP contribution < -0.4 is 5.32 Å². The molecule has 0 aliphatic carbocycles. The van der Waals surface area contributed by atoms with Gasteiger partial charge in [-0.3, -0.25) is 0 Å². The van der Waals surface area contributed by atoms with Crippen molar-refractivity contribution in [2.24, 2.45) is 0 Å². The van der Waals surface area contributed by atoms with Gasteiger partial charge in [0, 0.05) is 37.8 Å². The molecule has 0 saturated carbocycles. The molecule has 96 valence electrons. The molecular formula is C13H24N4. The number of piperazine rings is 1. The summed E-state index contributed by atoms with van der Waals surface area (Å²) < 4.78 is 0. The van der Waals surface area contributed by atoms with Crippen LogP contribution in [-0.4, -0.2) is 47.6 Å². The van der Waals surface area contributed by atoms with Gasteiger partial charge in [-0.15, -0.1) is 0 Å². The molecule has 4 nitrogen and oxygen atoms in total. The molecule has 0 bridgehead atoms. The highest BCUT2D eigenvalue weighted by atomic mass is 15.2. The van der Waals surface area contributed by atoms with Gasteiger partial charge < -0.3 is 15.2 Å². The molecule has 0 aromatic carbocycles. The fourth-order valence-corrected chi connectivity index (χ4v) is 2.56. The Bertz CT molecular complexity index is 369. The third-order valence-electron chi connectivity index (χ3n) is 3.42. The SMILES string of the molecule is Cc1[nH]c(CC2CN(C)CCN2)nc1C(C)C. The summed E-state index contributed by atoms with van der Waals surface area (Å²) in [6, 6.07) is 0.527. The molecule has 0 spiro atoms. The zero-order chi connectivity index (χ0) is 12.4. The van der Waals surface area contributed by atoms with E-state index >= 15 is 0 Å². The highest BCUT2D eigenvalue weighted by Gasteiger charge is 2.19. The van der Waals surface area contributed by atoms with Crippen LogP contribution in [0.4, 0.5) is 0 Å². The smallest absolute Gasteiger partial charge is 0.108 e. The second-order valence-electron chi connectivity index (χ2n) is 5.47. The van der Waals surface area contributed by atoms with E-state index in [9.17, 15) is 0 Å². The molecule has 1 aliphatic heterocycles. The molecule has 2 heterocycles. The summed E-state index contributed by atoms with van der Waals surface area (Å²) in [7, 11) is 2.18. The summed E-state index contributed by atoms with van der Waals surface area (Å²) in [5.41, 5.74) is 2.43. The Morgan fingerprint density at radius 2 is 2.24 bits per heavy atom. The molecule has 4 heteroatoms. The monoisotopic (exact) mass is 236 g/mol. The predicted octanol–water partition coefficient (Wildman–Crippen LogP) is 1.29. The molecule has 1 aliphatic rings. The molecule has 0 amide bonds. The van der Waals surface area contributed by atoms with Crippen LogP contribution in [0.2, 0.25) is 0 Å². The molecule has 1 aromatic rings. The number of aromatic nitrogens is 2. The van der Waals surface area contributed by atoms with Gasteiger partial charge in [0.1, 0.15) is 5.82 Å². The first-order valence-corrected chi connectivity index (χ1v) is 6.53. The van der Waals surface area contributed by atoms with Gasteiger partial charge >= 0.3 is 0 Å². The van der Waals surface area contributed by atoms with Crippen molar-refractivity contribution < 1.29 is 0 Å². The summed E-state index contributed by atoms with van der Waals surface area (Å²) in [5.74, 6) is 1.63. The van der Waals surface area contributed by atoms with Gasteiger partial charge in [0.25, 0.3) is 0 Å². The first-order chi connectivity index (χ1) is 8.06. The Kier molecular flexibility index (Phi) is 3.84. The van der Waals surface area contributed by atoms with Gasteiger partial charge in [-0.2, -0.15) is 0 Å². The Morgan fingerprint density at radius 1 is 1.47 bits per heavy atom. The van der Waals surface area contributed by atoms with Crippen molar-refractivity contribution in [2.75, 3.05) is 26.7 Å². The van der Waals surface area contributed by atoms with Crippen molar-refractivity contribution in [1.82, 2.24) is 20.2 Å². The third kappa shape index (κ3) is 3.07. The predicted molar refractivity (Wildman–Crippen MR) is 70.4 cm³/mol. The Labute approximate surface area is 104 Å². The Balaban J connectivity index is 2.01. The molecule has 1 saturated heterocycles. The van der Waals surface area contributed by atoms with E-state index in [1.54, 1.807) is 0 Å². The average molecular weight is 236 g/mol. The topological polar surface area (TPSA) is 44.0 Å². The minimum Gasteiger partial charge on any atom is -0.346 e. The van der Waals surface area contributed by atoms with Crippen LogP contribution in [0.5, 0.6) is 0 Å². The third-order valence-corrected chi connectivity index (χ3v) is 3.42. The lowest BCUT2D eigenvalue weighted by atomic mass is 10.1. The van der Waals surface area contributed by atoms with E-state index in [-0.39, 0.29) is 0 Å². The van der Waals surface area contributed by atoms with Gasteiger partial charge in [0.15, 0.2) is 0 Å². The van der Waals surface area contributed by atoms with Crippen molar-refractivity contribution in [3.05, 3.63) is 17.2 Å². The summed E-state index contributed by atoms with van der Waals surface area (Å²) in [6.07, 6.45) is 0.998. The van der Waals surface area contributed by atoms with Crippen LogP contribution in [-0.2, 0) is 6.42 Å². The summed E-state index contributed by atoms with van der Waals surface area (Å²) >= 11 is 0. The molecule has 0 radical (unpaired) electrons. The van der Waals surface area contributed by atoms with Crippen LogP contribution in [0.15, 0.2) is 0 Å². The molecular weight excluding hydrogens is 212 g/mol. The number of hydrogen-bond donors (Lipinski definition) is 2. The van der Waals surface area contributed by atoms with Crippen LogP contribution >= 0.6 is 0 Å². The maximum absolute atomic E-state index is 4.71. The second-order valence-corrected chi connectivity index (χ2v) is 5.47. The number of rotatable bonds is 3. The van der Waals surface area contributed by atoms with Crippen LogP contribution in [0.25, 0.3) is 0 Å². The quantitative estimate of drug-likeness (QED) is 0.831. The van der Waals surface area contributed by atoms with E-state index < -0.39 is 0 Å². The molecule has 2 N–H and O–H groups in total. The van der Waals surface area contributed by atoms with E-state index in [2.05, 4.69) is 43.0 Å². The minimum atomic E-state index is 0.502. The molecule has 2 rings (SSSR count). The number of H-pyrrole nitrogens is 1. The van der Waals surface area contributed by atoms with Crippen molar-refractivity contribution in [3.63, 3.8) is 0 Å². The van der Waals surface area contributed by atoms with Gasteiger partial charge in [-0.25, -0.2) is 4.98 Å². The fourth-order valence-electron chi connectivity index (χ4n) is 2.56. The van der Waals surface area contributed by atoms with Crippen LogP contribution in [0.3, 0.4) is 0 Å². The zero-order valence-corrected chi connectivity index (χ0v) is 11.4. The summed E-state index contributed by atoms with van der Waals surface area (Å²) in [6.45, 7) is 9.84. The lowest BCUT2D eigenvalue weighted by molar-refractivity contribution is 0.236. The number of aromatic amines is 1. The van der Waals surface area contributed by atoms with E-state index in [1.165, 1.54) is 11.4 Å². The maximum Gasteiger partial charge on any atom is 0.108 e. The van der Waals surface area contributed by atoms with E-state index in [4.69, 9.17) is 4.98 Å². The lowest BCUT2D eigenvalue weighted by Gasteiger charge is -2.30. The molecule has 1 atom stereocenters. The first kappa shape index (κ1) is 12.6. The standard InChI is InChI=1S/C13H24N4/c1-9(2)13-10(3)15-12(16-13)7-11-8-17(4)6-5-14-11/h9,11,14H,5-8H2,1-4H3,(H,15,16). The van der Waals surface area contributed by atoms with E-state index in [0.29, 0.717) is 12.0 Å². The number of imidazole rings is 1. The first-order valence-electron chi connectivity index (χ1n) is 6.53. The van der Waals surface area contributed by atoms with Crippen molar-refractivity contribution in [1.29, 1.82) is 0 Å². The van der Waals surface area contributed by atoms with Crippen LogP contribution in [0, 0.1) is 6.92 Å². The summed E-state index contributed by atoms with van der Waals surface area (Å²) in [4.78, 5) is 10.5. The normalized spacial score (nSPS) is 22.3. The number of nitrogens with zero attached hydrogens (tertiary/aromatic N) is 2. The van der Waals surface area contributed by atoms with Gasteiger partial charge in [-0.05, 0) is 19.9 Å². The highest BCUT2D eigenvalue weighted by Crippen LogP contribution is 2.17. The van der Waals surface area contributed by atoms with Gasteiger partial charge in [-0.1, -0.05) is 13.8 Å². The number of nitrogens with one attached hydrogen (secondary N) is 2. The van der Waals surface area contributed by atoms with Gasteiger partial charge in [0.05, 0.1) is 5.69 Å². The molecule has 1 fully saturated rings. The van der Waals surface area contributed by atoms with Crippen molar-refractivity contribution >= 4 is 0 Å². The largest absolute Gasteiger partial charge is 0.346 e. The zero-order valence-electron chi connectivity index (χ0n) is 11.4. The van der Waals surface area contributed by atoms with E-state index in [0.717, 1.165) is 31.9 Å². The minimum absolute atomic E-state index is 0.502. The Morgan fingerprint density at radius 3 is 2.82 bits per heavy atom. The van der Waals surface area contributed by atoms with Crippen LogP contribution in [0.1, 0.15) is 37.0 Å². The van der Waals surface area contributed by atoms with Crippen molar-refractivity contribution in [2.45, 2.75) is 39.2 Å². The van der Waals surface area contributed by atoms with Gasteiger partial charge in [0.2, 0.25) is 0 Å². The highest BCUT2D eigenvalue weighted by molar-refractivity contribution is 5.17.